The van der Waals surface area contributed by atoms with Crippen molar-refractivity contribution in [1.82, 2.24) is 20.4 Å². The zero-order chi connectivity index (χ0) is 18.4. The smallest absolute Gasteiger partial charge is 0.353 e. The summed E-state index contributed by atoms with van der Waals surface area (Å²) in [5, 5.41) is 8.60. The number of nitrogens with zero attached hydrogens (tertiary/aromatic N) is 2. The molecule has 2 rings (SSSR count). The highest BCUT2D eigenvalue weighted by Crippen LogP contribution is 2.08. The highest BCUT2D eigenvalue weighted by atomic mass is 16.5. The molecule has 0 aliphatic heterocycles. The third kappa shape index (κ3) is 4.41. The molecule has 0 aliphatic rings. The molecule has 0 saturated carbocycles. The molecule has 0 atom stereocenters. The second-order valence-corrected chi connectivity index (χ2v) is 4.87. The van der Waals surface area contributed by atoms with Gasteiger partial charge in [0.2, 0.25) is 0 Å². The molecule has 0 bridgehead atoms. The molecule has 0 radical (unpaired) electrons. The van der Waals surface area contributed by atoms with Crippen molar-refractivity contribution in [3.8, 4) is 5.69 Å². The Bertz CT molecular complexity index is 839. The second-order valence-electron chi connectivity index (χ2n) is 4.87. The van der Waals surface area contributed by atoms with E-state index in [4.69, 9.17) is 0 Å². The molecule has 0 spiro atoms. The molecular weight excluding hydrogens is 324 g/mol. The summed E-state index contributed by atoms with van der Waals surface area (Å²) in [4.78, 5) is 35.2. The van der Waals surface area contributed by atoms with Gasteiger partial charge in [0, 0.05) is 6.20 Å². The van der Waals surface area contributed by atoms with Gasteiger partial charge < -0.3 is 15.4 Å². The number of esters is 1. The van der Waals surface area contributed by atoms with Gasteiger partial charge in [0.05, 0.1) is 30.3 Å². The number of hydrogen-bond acceptors (Lipinski definition) is 5. The van der Waals surface area contributed by atoms with Crippen LogP contribution in [0.1, 0.15) is 10.4 Å². The molecule has 2 amide bonds. The van der Waals surface area contributed by atoms with Gasteiger partial charge in [0.25, 0.3) is 11.8 Å². The highest BCUT2D eigenvalue weighted by molar-refractivity contribution is 6.04. The Morgan fingerprint density at radius 2 is 1.76 bits per heavy atom. The number of ether oxygens (including phenoxy) is 1. The third-order valence-corrected chi connectivity index (χ3v) is 3.10. The van der Waals surface area contributed by atoms with Crippen LogP contribution < -0.4 is 10.6 Å². The molecule has 1 aromatic carbocycles. The van der Waals surface area contributed by atoms with Crippen LogP contribution in [0.4, 0.5) is 0 Å². The van der Waals surface area contributed by atoms with Crippen LogP contribution in [-0.2, 0) is 14.3 Å². The Balaban J connectivity index is 1.99. The van der Waals surface area contributed by atoms with Crippen molar-refractivity contribution < 1.29 is 19.1 Å². The zero-order valence-corrected chi connectivity index (χ0v) is 13.5. The molecule has 1 aromatic heterocycles. The summed E-state index contributed by atoms with van der Waals surface area (Å²) >= 11 is 0. The van der Waals surface area contributed by atoms with Crippen molar-refractivity contribution in [1.29, 1.82) is 0 Å². The molecule has 0 aliphatic carbocycles. The van der Waals surface area contributed by atoms with Gasteiger partial charge >= 0.3 is 5.97 Å². The Morgan fingerprint density at radius 3 is 2.40 bits per heavy atom. The van der Waals surface area contributed by atoms with Gasteiger partial charge in [-0.3, -0.25) is 9.59 Å². The predicted molar refractivity (Wildman–Crippen MR) is 89.5 cm³/mol. The van der Waals surface area contributed by atoms with Crippen molar-refractivity contribution >= 4 is 17.8 Å². The van der Waals surface area contributed by atoms with Crippen LogP contribution in [0.25, 0.3) is 5.69 Å². The maximum absolute atomic E-state index is 12.2. The first-order valence-corrected chi connectivity index (χ1v) is 7.11. The minimum absolute atomic E-state index is 0.240. The van der Waals surface area contributed by atoms with Gasteiger partial charge in [-0.2, -0.15) is 5.10 Å². The molecule has 2 N–H and O–H groups in total. The van der Waals surface area contributed by atoms with E-state index in [1.807, 2.05) is 30.3 Å². The molecular formula is C17H16N4O4. The quantitative estimate of drug-likeness (QED) is 0.601. The standard InChI is InChI=1S/C17H16N4O4/c1-11(15(22)20-12(2)17(24)25-3)19-16(23)13-9-18-21(10-13)14-7-5-4-6-8-14/h4-10H,1-2H2,3H3,(H,19,23)(H,20,22). The Morgan fingerprint density at radius 1 is 1.08 bits per heavy atom. The first-order valence-electron chi connectivity index (χ1n) is 7.11. The first-order chi connectivity index (χ1) is 11.9. The van der Waals surface area contributed by atoms with Crippen LogP contribution in [0.15, 0.2) is 67.3 Å². The van der Waals surface area contributed by atoms with Crippen LogP contribution in [0.3, 0.4) is 0 Å². The molecule has 1 heterocycles. The molecule has 8 heteroatoms. The van der Waals surface area contributed by atoms with Crippen molar-refractivity contribution in [2.45, 2.75) is 0 Å². The van der Waals surface area contributed by atoms with E-state index >= 15 is 0 Å². The molecule has 0 fully saturated rings. The maximum Gasteiger partial charge on any atom is 0.353 e. The van der Waals surface area contributed by atoms with Gasteiger partial charge in [0.15, 0.2) is 0 Å². The van der Waals surface area contributed by atoms with E-state index in [2.05, 4.69) is 33.6 Å². The second kappa shape index (κ2) is 7.73. The summed E-state index contributed by atoms with van der Waals surface area (Å²) in [5.74, 6) is -2.14. The number of carbonyl (C=O) groups is 3. The third-order valence-electron chi connectivity index (χ3n) is 3.10. The summed E-state index contributed by atoms with van der Waals surface area (Å²) in [7, 11) is 1.15. The molecule has 2 aromatic rings. The summed E-state index contributed by atoms with van der Waals surface area (Å²) < 4.78 is 5.93. The number of para-hydroxylation sites is 1. The number of amides is 2. The number of rotatable bonds is 6. The van der Waals surface area contributed by atoms with Crippen LogP contribution >= 0.6 is 0 Å². The molecule has 25 heavy (non-hydrogen) atoms. The zero-order valence-electron chi connectivity index (χ0n) is 13.5. The largest absolute Gasteiger partial charge is 0.464 e. The first kappa shape index (κ1) is 17.7. The van der Waals surface area contributed by atoms with Gasteiger partial charge in [-0.1, -0.05) is 31.4 Å². The van der Waals surface area contributed by atoms with Gasteiger partial charge in [-0.05, 0) is 12.1 Å². The fourth-order valence-electron chi connectivity index (χ4n) is 1.81. The maximum atomic E-state index is 12.2. The van der Waals surface area contributed by atoms with E-state index in [9.17, 15) is 14.4 Å². The lowest BCUT2D eigenvalue weighted by Crippen LogP contribution is -2.35. The number of hydrogen-bond donors (Lipinski definition) is 2. The Kier molecular flexibility index (Phi) is 5.47. The predicted octanol–water partition coefficient (Wildman–Crippen LogP) is 0.919. The minimum Gasteiger partial charge on any atom is -0.464 e. The van der Waals surface area contributed by atoms with Crippen LogP contribution in [0.2, 0.25) is 0 Å². The fourth-order valence-corrected chi connectivity index (χ4v) is 1.81. The summed E-state index contributed by atoms with van der Waals surface area (Å²) in [5.41, 5.74) is 0.513. The SMILES string of the molecule is C=C(NC(=O)c1cnn(-c2ccccc2)c1)C(=O)NC(=C)C(=O)OC. The normalized spacial score (nSPS) is 9.80. The lowest BCUT2D eigenvalue weighted by atomic mass is 10.3. The number of aromatic nitrogens is 2. The van der Waals surface area contributed by atoms with Crippen molar-refractivity contribution in [3.05, 3.63) is 72.8 Å². The van der Waals surface area contributed by atoms with Gasteiger partial charge in [-0.15, -0.1) is 0 Å². The van der Waals surface area contributed by atoms with E-state index in [0.29, 0.717) is 0 Å². The number of methoxy groups -OCH3 is 1. The number of benzene rings is 1. The monoisotopic (exact) mass is 340 g/mol. The Labute approximate surface area is 143 Å². The summed E-state index contributed by atoms with van der Waals surface area (Å²) in [6.07, 6.45) is 2.88. The number of nitrogens with one attached hydrogen (secondary N) is 2. The molecule has 0 unspecified atom stereocenters. The minimum atomic E-state index is -0.795. The van der Waals surface area contributed by atoms with E-state index < -0.39 is 17.8 Å². The summed E-state index contributed by atoms with van der Waals surface area (Å²) in [6.45, 7) is 6.81. The molecule has 8 nitrogen and oxygen atoms in total. The summed E-state index contributed by atoms with van der Waals surface area (Å²) in [6, 6.07) is 9.22. The van der Waals surface area contributed by atoms with Crippen LogP contribution in [-0.4, -0.2) is 34.7 Å². The van der Waals surface area contributed by atoms with Crippen molar-refractivity contribution in [3.63, 3.8) is 0 Å². The van der Waals surface area contributed by atoms with Crippen LogP contribution in [0.5, 0.6) is 0 Å². The van der Waals surface area contributed by atoms with Crippen molar-refractivity contribution in [2.24, 2.45) is 0 Å². The van der Waals surface area contributed by atoms with Gasteiger partial charge in [0.1, 0.15) is 5.70 Å². The topological polar surface area (TPSA) is 102 Å². The molecule has 0 saturated heterocycles. The van der Waals surface area contributed by atoms with E-state index in [1.165, 1.54) is 17.1 Å². The average Bonchev–Trinajstić information content (AvgIpc) is 3.11. The molecule has 128 valence electrons. The van der Waals surface area contributed by atoms with Crippen LogP contribution in [0, 0.1) is 0 Å². The van der Waals surface area contributed by atoms with Crippen molar-refractivity contribution in [2.75, 3.05) is 7.11 Å². The highest BCUT2D eigenvalue weighted by Gasteiger charge is 2.17. The number of carbonyl (C=O) groups excluding carboxylic acids is 3. The van der Waals surface area contributed by atoms with E-state index in [-0.39, 0.29) is 17.0 Å². The fraction of sp³-hybridized carbons (Fsp3) is 0.0588. The van der Waals surface area contributed by atoms with E-state index in [1.54, 1.807) is 0 Å². The lowest BCUT2D eigenvalue weighted by Gasteiger charge is -2.09. The Hall–Kier alpha value is -3.68. The van der Waals surface area contributed by atoms with E-state index in [0.717, 1.165) is 12.8 Å². The van der Waals surface area contributed by atoms with Gasteiger partial charge in [-0.25, -0.2) is 9.48 Å². The lowest BCUT2D eigenvalue weighted by molar-refractivity contribution is -0.137. The average molecular weight is 340 g/mol.